The van der Waals surface area contributed by atoms with Gasteiger partial charge in [-0.15, -0.1) is 0 Å². The summed E-state index contributed by atoms with van der Waals surface area (Å²) in [6.07, 6.45) is 2.70. The van der Waals surface area contributed by atoms with Crippen LogP contribution in [0.1, 0.15) is 24.6 Å². The molecule has 0 aliphatic carbocycles. The molecule has 0 aliphatic heterocycles. The minimum absolute atomic E-state index is 0.897. The molecule has 56 valence electrons. The number of pyridine rings is 1. The van der Waals surface area contributed by atoms with Gasteiger partial charge in [0.05, 0.1) is 0 Å². The van der Waals surface area contributed by atoms with Gasteiger partial charge in [0.1, 0.15) is 0 Å². The van der Waals surface area contributed by atoms with E-state index < -0.39 is 0 Å². The lowest BCUT2D eigenvalue weighted by atomic mass is 10.2. The Labute approximate surface area is 67.5 Å². The quantitative estimate of drug-likeness (QED) is 0.510. The van der Waals surface area contributed by atoms with Crippen LogP contribution in [-0.4, -0.2) is 4.98 Å². The number of aromatic nitrogens is 1. The van der Waals surface area contributed by atoms with E-state index in [1.807, 2.05) is 26.0 Å². The molecule has 0 saturated carbocycles. The molecule has 0 saturated heterocycles. The minimum atomic E-state index is 0.897. The van der Waals surface area contributed by atoms with Crippen LogP contribution in [0.25, 0.3) is 0 Å². The van der Waals surface area contributed by atoms with Crippen molar-refractivity contribution in [3.63, 3.8) is 0 Å². The smallest absolute Gasteiger partial charge is 0.0428 e. The van der Waals surface area contributed by atoms with Gasteiger partial charge in [-0.25, -0.2) is 0 Å². The molecule has 1 rings (SSSR count). The highest BCUT2D eigenvalue weighted by molar-refractivity contribution is 5.31. The number of aryl methyl sites for hydroxylation is 1. The van der Waals surface area contributed by atoms with Crippen molar-refractivity contribution in [2.24, 2.45) is 0 Å². The van der Waals surface area contributed by atoms with Crippen LogP contribution >= 0.6 is 0 Å². The summed E-state index contributed by atoms with van der Waals surface area (Å²) < 4.78 is 0. The van der Waals surface area contributed by atoms with E-state index in [-0.39, 0.29) is 0 Å². The molecule has 0 aliphatic rings. The SMILES string of the molecule is CCC#Cc1ccc(C)nc1. The Morgan fingerprint density at radius 1 is 1.45 bits per heavy atom. The summed E-state index contributed by atoms with van der Waals surface area (Å²) >= 11 is 0. The van der Waals surface area contributed by atoms with Gasteiger partial charge in [-0.1, -0.05) is 18.8 Å². The molecule has 0 atom stereocenters. The van der Waals surface area contributed by atoms with Crippen LogP contribution in [0.15, 0.2) is 18.3 Å². The molecule has 0 spiro atoms. The molecule has 0 radical (unpaired) electrons. The van der Waals surface area contributed by atoms with E-state index in [9.17, 15) is 0 Å². The van der Waals surface area contributed by atoms with Crippen LogP contribution in [0.5, 0.6) is 0 Å². The average molecular weight is 145 g/mol. The van der Waals surface area contributed by atoms with Crippen molar-refractivity contribution in [2.45, 2.75) is 20.3 Å². The second kappa shape index (κ2) is 3.78. The van der Waals surface area contributed by atoms with E-state index in [1.54, 1.807) is 6.20 Å². The van der Waals surface area contributed by atoms with Crippen molar-refractivity contribution < 1.29 is 0 Å². The van der Waals surface area contributed by atoms with Crippen LogP contribution in [0, 0.1) is 18.8 Å². The molecule has 0 unspecified atom stereocenters. The molecular weight excluding hydrogens is 134 g/mol. The summed E-state index contributed by atoms with van der Waals surface area (Å²) in [6, 6.07) is 3.96. The monoisotopic (exact) mass is 145 g/mol. The fourth-order valence-electron chi connectivity index (χ4n) is 0.732. The van der Waals surface area contributed by atoms with E-state index in [0.717, 1.165) is 17.7 Å². The third-order valence-corrected chi connectivity index (χ3v) is 1.32. The fourth-order valence-corrected chi connectivity index (χ4v) is 0.732. The Balaban J connectivity index is 2.82. The number of hydrogen-bond donors (Lipinski definition) is 0. The summed E-state index contributed by atoms with van der Waals surface area (Å²) in [5.41, 5.74) is 2.03. The van der Waals surface area contributed by atoms with E-state index >= 15 is 0 Å². The molecule has 0 N–H and O–H groups in total. The maximum absolute atomic E-state index is 4.13. The lowest BCUT2D eigenvalue weighted by Crippen LogP contribution is -1.80. The number of nitrogens with zero attached hydrogens (tertiary/aromatic N) is 1. The maximum atomic E-state index is 4.13. The van der Waals surface area contributed by atoms with Crippen LogP contribution in [0.4, 0.5) is 0 Å². The zero-order chi connectivity index (χ0) is 8.10. The number of hydrogen-bond acceptors (Lipinski definition) is 1. The first-order chi connectivity index (χ1) is 5.33. The maximum Gasteiger partial charge on any atom is 0.0428 e. The summed E-state index contributed by atoms with van der Waals surface area (Å²) in [5.74, 6) is 6.00. The molecule has 1 heterocycles. The molecule has 1 aromatic rings. The van der Waals surface area contributed by atoms with Crippen LogP contribution in [0.2, 0.25) is 0 Å². The van der Waals surface area contributed by atoms with Crippen molar-refractivity contribution in [3.05, 3.63) is 29.6 Å². The van der Waals surface area contributed by atoms with Crippen molar-refractivity contribution in [3.8, 4) is 11.8 Å². The van der Waals surface area contributed by atoms with E-state index in [4.69, 9.17) is 0 Å². The van der Waals surface area contributed by atoms with Gasteiger partial charge >= 0.3 is 0 Å². The Bertz CT molecular complexity index is 274. The molecule has 0 fully saturated rings. The highest BCUT2D eigenvalue weighted by Crippen LogP contribution is 1.96. The fraction of sp³-hybridized carbons (Fsp3) is 0.300. The first kappa shape index (κ1) is 7.81. The third-order valence-electron chi connectivity index (χ3n) is 1.32. The first-order valence-corrected chi connectivity index (χ1v) is 3.74. The van der Waals surface area contributed by atoms with Gasteiger partial charge in [-0.2, -0.15) is 0 Å². The predicted octanol–water partition coefficient (Wildman–Crippen LogP) is 2.15. The second-order valence-corrected chi connectivity index (χ2v) is 2.34. The molecule has 0 aromatic carbocycles. The standard InChI is InChI=1S/C10H11N/c1-3-4-5-10-7-6-9(2)11-8-10/h6-8H,3H2,1-2H3. The summed E-state index contributed by atoms with van der Waals surface area (Å²) in [4.78, 5) is 4.13. The number of rotatable bonds is 0. The zero-order valence-corrected chi connectivity index (χ0v) is 6.89. The molecule has 1 heteroatoms. The third kappa shape index (κ3) is 2.43. The van der Waals surface area contributed by atoms with Crippen molar-refractivity contribution in [2.75, 3.05) is 0 Å². The van der Waals surface area contributed by atoms with Crippen LogP contribution < -0.4 is 0 Å². The molecule has 1 aromatic heterocycles. The largest absolute Gasteiger partial charge is 0.260 e. The van der Waals surface area contributed by atoms with Crippen molar-refractivity contribution >= 4 is 0 Å². The molecule has 1 nitrogen and oxygen atoms in total. The normalized spacial score (nSPS) is 8.55. The molecular formula is C10H11N. The lowest BCUT2D eigenvalue weighted by molar-refractivity contribution is 1.19. The lowest BCUT2D eigenvalue weighted by Gasteiger charge is -1.89. The van der Waals surface area contributed by atoms with Gasteiger partial charge in [0.2, 0.25) is 0 Å². The summed E-state index contributed by atoms with van der Waals surface area (Å²) in [6.45, 7) is 4.01. The molecule has 0 amide bonds. The van der Waals surface area contributed by atoms with E-state index in [1.165, 1.54) is 0 Å². The summed E-state index contributed by atoms with van der Waals surface area (Å²) in [5, 5.41) is 0. The van der Waals surface area contributed by atoms with Gasteiger partial charge in [0.15, 0.2) is 0 Å². The highest BCUT2D eigenvalue weighted by atomic mass is 14.6. The average Bonchev–Trinajstić information content (AvgIpc) is 2.04. The second-order valence-electron chi connectivity index (χ2n) is 2.34. The van der Waals surface area contributed by atoms with Crippen LogP contribution in [-0.2, 0) is 0 Å². The van der Waals surface area contributed by atoms with Crippen molar-refractivity contribution in [1.29, 1.82) is 0 Å². The van der Waals surface area contributed by atoms with Crippen molar-refractivity contribution in [1.82, 2.24) is 4.98 Å². The van der Waals surface area contributed by atoms with Gasteiger partial charge < -0.3 is 0 Å². The van der Waals surface area contributed by atoms with Crippen LogP contribution in [0.3, 0.4) is 0 Å². The predicted molar refractivity (Wildman–Crippen MR) is 46.1 cm³/mol. The Morgan fingerprint density at radius 2 is 2.27 bits per heavy atom. The van der Waals surface area contributed by atoms with Gasteiger partial charge in [-0.3, -0.25) is 4.98 Å². The van der Waals surface area contributed by atoms with E-state index in [2.05, 4.69) is 16.8 Å². The van der Waals surface area contributed by atoms with Gasteiger partial charge in [-0.05, 0) is 19.1 Å². The minimum Gasteiger partial charge on any atom is -0.260 e. The molecule has 11 heavy (non-hydrogen) atoms. The highest BCUT2D eigenvalue weighted by Gasteiger charge is 1.85. The van der Waals surface area contributed by atoms with Gasteiger partial charge in [0.25, 0.3) is 0 Å². The van der Waals surface area contributed by atoms with E-state index in [0.29, 0.717) is 0 Å². The topological polar surface area (TPSA) is 12.9 Å². The Kier molecular flexibility index (Phi) is 2.68. The summed E-state index contributed by atoms with van der Waals surface area (Å²) in [7, 11) is 0. The Morgan fingerprint density at radius 3 is 2.82 bits per heavy atom. The molecule has 0 bridgehead atoms. The first-order valence-electron chi connectivity index (χ1n) is 3.74. The zero-order valence-electron chi connectivity index (χ0n) is 6.89. The Hall–Kier alpha value is -1.29. The van der Waals surface area contributed by atoms with Gasteiger partial charge in [0, 0.05) is 23.9 Å².